The van der Waals surface area contributed by atoms with Crippen molar-refractivity contribution >= 4 is 12.0 Å². The van der Waals surface area contributed by atoms with Gasteiger partial charge in [0.25, 0.3) is 0 Å². The summed E-state index contributed by atoms with van der Waals surface area (Å²) in [5, 5.41) is 5.47. The van der Waals surface area contributed by atoms with Gasteiger partial charge >= 0.3 is 12.0 Å². The molecule has 1 aliphatic rings. The van der Waals surface area contributed by atoms with E-state index in [0.29, 0.717) is 23.6 Å². The third-order valence-corrected chi connectivity index (χ3v) is 3.75. The van der Waals surface area contributed by atoms with Crippen molar-refractivity contribution in [2.75, 3.05) is 26.2 Å². The zero-order valence-electron chi connectivity index (χ0n) is 13.7. The number of carbonyl (C=O) groups excluding carboxylic acids is 2. The summed E-state index contributed by atoms with van der Waals surface area (Å²) in [5.74, 6) is 0.0449. The number of nitrogens with zero attached hydrogens (tertiary/aromatic N) is 1. The number of carbonyl (C=O) groups is 2. The van der Waals surface area contributed by atoms with E-state index in [1.165, 1.54) is 6.26 Å². The van der Waals surface area contributed by atoms with E-state index in [4.69, 9.17) is 9.15 Å². The fourth-order valence-corrected chi connectivity index (χ4v) is 2.53. The van der Waals surface area contributed by atoms with Gasteiger partial charge in [-0.25, -0.2) is 9.59 Å². The van der Waals surface area contributed by atoms with E-state index in [9.17, 15) is 9.59 Å². The Balaban J connectivity index is 2.43. The lowest BCUT2D eigenvalue weighted by molar-refractivity contribution is -0.139. The summed E-state index contributed by atoms with van der Waals surface area (Å²) in [4.78, 5) is 26.6. The van der Waals surface area contributed by atoms with Crippen LogP contribution >= 0.6 is 0 Å². The highest BCUT2D eigenvalue weighted by atomic mass is 16.5. The van der Waals surface area contributed by atoms with Gasteiger partial charge in [-0.3, -0.25) is 4.90 Å². The van der Waals surface area contributed by atoms with E-state index in [1.54, 1.807) is 19.1 Å². The van der Waals surface area contributed by atoms with Crippen molar-refractivity contribution < 1.29 is 18.7 Å². The fraction of sp³-hybridized carbons (Fsp3) is 0.500. The van der Waals surface area contributed by atoms with E-state index in [0.717, 1.165) is 13.1 Å². The zero-order chi connectivity index (χ0) is 16.8. The molecule has 2 N–H and O–H groups in total. The molecule has 0 aliphatic carbocycles. The first-order chi connectivity index (χ1) is 11.1. The van der Waals surface area contributed by atoms with Gasteiger partial charge in [0.2, 0.25) is 0 Å². The molecule has 1 unspecified atom stereocenters. The molecule has 7 heteroatoms. The van der Waals surface area contributed by atoms with Crippen LogP contribution in [0.4, 0.5) is 4.79 Å². The van der Waals surface area contributed by atoms with Crippen molar-refractivity contribution in [3.8, 4) is 0 Å². The Morgan fingerprint density at radius 2 is 2.09 bits per heavy atom. The first-order valence-electron chi connectivity index (χ1n) is 7.84. The van der Waals surface area contributed by atoms with Crippen molar-refractivity contribution in [2.24, 2.45) is 0 Å². The molecule has 0 spiro atoms. The molecule has 1 aromatic heterocycles. The van der Waals surface area contributed by atoms with Crippen LogP contribution in [0.5, 0.6) is 0 Å². The van der Waals surface area contributed by atoms with Crippen molar-refractivity contribution in [3.63, 3.8) is 0 Å². The van der Waals surface area contributed by atoms with Crippen LogP contribution in [0, 0.1) is 0 Å². The average molecular weight is 321 g/mol. The molecule has 1 aliphatic heterocycles. The van der Waals surface area contributed by atoms with E-state index >= 15 is 0 Å². The predicted octanol–water partition coefficient (Wildman–Crippen LogP) is 1.79. The molecule has 0 saturated heterocycles. The summed E-state index contributed by atoms with van der Waals surface area (Å²) in [6.45, 7) is 8.16. The highest BCUT2D eigenvalue weighted by molar-refractivity contribution is 5.95. The molecule has 1 atom stereocenters. The molecule has 0 aromatic carbocycles. The molecule has 0 fully saturated rings. The van der Waals surface area contributed by atoms with Gasteiger partial charge in [0.05, 0.1) is 18.4 Å². The third kappa shape index (κ3) is 3.92. The van der Waals surface area contributed by atoms with Crippen LogP contribution in [0.15, 0.2) is 34.1 Å². The van der Waals surface area contributed by atoms with Gasteiger partial charge in [-0.2, -0.15) is 0 Å². The minimum absolute atomic E-state index is 0.264. The fourth-order valence-electron chi connectivity index (χ4n) is 2.53. The Hall–Kier alpha value is -2.28. The smallest absolute Gasteiger partial charge is 0.338 e. The van der Waals surface area contributed by atoms with Crippen molar-refractivity contribution in [1.82, 2.24) is 15.5 Å². The summed E-state index contributed by atoms with van der Waals surface area (Å²) < 4.78 is 10.6. The summed E-state index contributed by atoms with van der Waals surface area (Å²) in [6.07, 6.45) is 1.51. The number of furan rings is 1. The molecule has 126 valence electrons. The van der Waals surface area contributed by atoms with Crippen LogP contribution in [0.25, 0.3) is 0 Å². The van der Waals surface area contributed by atoms with Gasteiger partial charge in [-0.05, 0) is 32.1 Å². The number of likely N-dealkylation sites (N-methyl/N-ethyl adjacent to an activating group) is 1. The van der Waals surface area contributed by atoms with Gasteiger partial charge < -0.3 is 19.8 Å². The molecule has 2 heterocycles. The predicted molar refractivity (Wildman–Crippen MR) is 84.6 cm³/mol. The number of nitrogens with one attached hydrogen (secondary N) is 2. The highest BCUT2D eigenvalue weighted by Crippen LogP contribution is 2.28. The number of hydrogen-bond donors (Lipinski definition) is 2. The van der Waals surface area contributed by atoms with Crippen LogP contribution in [0.3, 0.4) is 0 Å². The maximum Gasteiger partial charge on any atom is 0.338 e. The molecule has 1 aromatic rings. The van der Waals surface area contributed by atoms with Gasteiger partial charge in [0.15, 0.2) is 0 Å². The monoisotopic (exact) mass is 321 g/mol. The second-order valence-electron chi connectivity index (χ2n) is 5.12. The van der Waals surface area contributed by atoms with Crippen molar-refractivity contribution in [1.29, 1.82) is 0 Å². The lowest BCUT2D eigenvalue weighted by Gasteiger charge is -2.30. The summed E-state index contributed by atoms with van der Waals surface area (Å²) in [7, 11) is 0. The van der Waals surface area contributed by atoms with Crippen LogP contribution < -0.4 is 10.6 Å². The summed E-state index contributed by atoms with van der Waals surface area (Å²) >= 11 is 0. The second kappa shape index (κ2) is 7.82. The van der Waals surface area contributed by atoms with E-state index in [-0.39, 0.29) is 12.6 Å². The minimum atomic E-state index is -0.650. The molecule has 0 bridgehead atoms. The number of hydrogen-bond acceptors (Lipinski definition) is 5. The number of ether oxygens (including phenoxy) is 1. The lowest BCUT2D eigenvalue weighted by atomic mass is 10.00. The maximum absolute atomic E-state index is 12.4. The molecular formula is C16H23N3O4. The summed E-state index contributed by atoms with van der Waals surface area (Å²) in [5.41, 5.74) is 0.936. The van der Waals surface area contributed by atoms with Crippen LogP contribution in [-0.4, -0.2) is 43.1 Å². The van der Waals surface area contributed by atoms with Crippen LogP contribution in [0.2, 0.25) is 0 Å². The number of amides is 2. The normalized spacial score (nSPS) is 17.9. The van der Waals surface area contributed by atoms with Gasteiger partial charge in [-0.15, -0.1) is 0 Å². The Kier molecular flexibility index (Phi) is 5.81. The van der Waals surface area contributed by atoms with E-state index in [2.05, 4.69) is 15.5 Å². The van der Waals surface area contributed by atoms with E-state index in [1.807, 2.05) is 13.8 Å². The van der Waals surface area contributed by atoms with Gasteiger partial charge in [-0.1, -0.05) is 13.8 Å². The third-order valence-electron chi connectivity index (χ3n) is 3.75. The lowest BCUT2D eigenvalue weighted by Crippen LogP contribution is -2.48. The molecule has 2 rings (SSSR count). The standard InChI is InChI=1S/C16H23N3O4/c1-4-19(5-2)10-11-13(15(20)22-6-3)14(18-16(21)17-11)12-8-7-9-23-12/h7-9,14H,4-6,10H2,1-3H3,(H2,17,18,21). The maximum atomic E-state index is 12.4. The Bertz CT molecular complexity index is 576. The SMILES string of the molecule is CCOC(=O)C1=C(CN(CC)CC)NC(=O)NC1c1ccco1. The average Bonchev–Trinajstić information content (AvgIpc) is 3.06. The van der Waals surface area contributed by atoms with Crippen molar-refractivity contribution in [3.05, 3.63) is 35.4 Å². The topological polar surface area (TPSA) is 83.8 Å². The quantitative estimate of drug-likeness (QED) is 0.748. The molecule has 7 nitrogen and oxygen atoms in total. The van der Waals surface area contributed by atoms with Gasteiger partial charge in [0.1, 0.15) is 11.8 Å². The molecule has 0 saturated carbocycles. The first kappa shape index (κ1) is 17.1. The molecule has 0 radical (unpaired) electrons. The van der Waals surface area contributed by atoms with Gasteiger partial charge in [0, 0.05) is 12.2 Å². The molecule has 23 heavy (non-hydrogen) atoms. The summed E-state index contributed by atoms with van der Waals surface area (Å²) in [6, 6.07) is 2.44. The highest BCUT2D eigenvalue weighted by Gasteiger charge is 2.35. The Morgan fingerprint density at radius 1 is 1.35 bits per heavy atom. The largest absolute Gasteiger partial charge is 0.467 e. The molecule has 2 amide bonds. The second-order valence-corrected chi connectivity index (χ2v) is 5.12. The number of esters is 1. The molecular weight excluding hydrogens is 298 g/mol. The minimum Gasteiger partial charge on any atom is -0.467 e. The number of urea groups is 1. The number of rotatable bonds is 7. The first-order valence-corrected chi connectivity index (χ1v) is 7.84. The van der Waals surface area contributed by atoms with Crippen LogP contribution in [-0.2, 0) is 9.53 Å². The zero-order valence-corrected chi connectivity index (χ0v) is 13.7. The Morgan fingerprint density at radius 3 is 2.65 bits per heavy atom. The van der Waals surface area contributed by atoms with Crippen molar-refractivity contribution in [2.45, 2.75) is 26.8 Å². The van der Waals surface area contributed by atoms with E-state index < -0.39 is 12.0 Å². The van der Waals surface area contributed by atoms with Crippen LogP contribution in [0.1, 0.15) is 32.6 Å². The Labute approximate surface area is 135 Å².